The van der Waals surface area contributed by atoms with Crippen molar-refractivity contribution in [1.82, 2.24) is 10.2 Å². The fraction of sp³-hybridized carbons (Fsp3) is 1.00. The van der Waals surface area contributed by atoms with Gasteiger partial charge in [0.25, 0.3) is 0 Å². The molecule has 2 rings (SSSR count). The summed E-state index contributed by atoms with van der Waals surface area (Å²) < 4.78 is 0. The first-order valence-electron chi connectivity index (χ1n) is 5.22. The van der Waals surface area contributed by atoms with Crippen LogP contribution in [0.4, 0.5) is 0 Å². The van der Waals surface area contributed by atoms with Gasteiger partial charge in [0.1, 0.15) is 0 Å². The van der Waals surface area contributed by atoms with Crippen LogP contribution in [0.15, 0.2) is 0 Å². The Morgan fingerprint density at radius 1 is 1.42 bits per heavy atom. The molecule has 2 aliphatic heterocycles. The lowest BCUT2D eigenvalue weighted by Gasteiger charge is -2.24. The number of nitrogens with zero attached hydrogens (tertiary/aromatic N) is 1. The van der Waals surface area contributed by atoms with Crippen molar-refractivity contribution in [1.29, 1.82) is 0 Å². The average Bonchev–Trinajstić information content (AvgIpc) is 2.52. The standard InChI is InChI=1S/C10H20N2/c1-8(2)7-12-4-3-9-5-11-6-10(9)12/h8-11H,3-7H2,1-2H3. The summed E-state index contributed by atoms with van der Waals surface area (Å²) in [5.74, 6) is 1.79. The van der Waals surface area contributed by atoms with Crippen LogP contribution in [-0.4, -0.2) is 37.1 Å². The average molecular weight is 168 g/mol. The molecule has 2 unspecified atom stereocenters. The van der Waals surface area contributed by atoms with E-state index in [2.05, 4.69) is 24.1 Å². The van der Waals surface area contributed by atoms with E-state index in [1.807, 2.05) is 0 Å². The van der Waals surface area contributed by atoms with Crippen LogP contribution < -0.4 is 5.32 Å². The summed E-state index contributed by atoms with van der Waals surface area (Å²) in [7, 11) is 0. The van der Waals surface area contributed by atoms with E-state index in [1.165, 1.54) is 32.6 Å². The molecule has 2 nitrogen and oxygen atoms in total. The molecule has 12 heavy (non-hydrogen) atoms. The molecule has 0 amide bonds. The largest absolute Gasteiger partial charge is 0.315 e. The Labute approximate surface area is 75.3 Å². The minimum Gasteiger partial charge on any atom is -0.315 e. The molecule has 2 saturated heterocycles. The van der Waals surface area contributed by atoms with Gasteiger partial charge < -0.3 is 5.32 Å². The molecule has 0 saturated carbocycles. The molecule has 0 aromatic rings. The monoisotopic (exact) mass is 168 g/mol. The van der Waals surface area contributed by atoms with Gasteiger partial charge in [-0.15, -0.1) is 0 Å². The number of rotatable bonds is 2. The summed E-state index contributed by atoms with van der Waals surface area (Å²) in [6.07, 6.45) is 1.42. The van der Waals surface area contributed by atoms with Crippen molar-refractivity contribution in [3.8, 4) is 0 Å². The van der Waals surface area contributed by atoms with Crippen molar-refractivity contribution in [3.63, 3.8) is 0 Å². The lowest BCUT2D eigenvalue weighted by atomic mass is 10.0. The molecule has 70 valence electrons. The topological polar surface area (TPSA) is 15.3 Å². The van der Waals surface area contributed by atoms with Crippen molar-refractivity contribution >= 4 is 0 Å². The minimum atomic E-state index is 0.823. The SMILES string of the molecule is CC(C)CN1CCC2CNCC21. The lowest BCUT2D eigenvalue weighted by molar-refractivity contribution is 0.225. The Balaban J connectivity index is 1.91. The van der Waals surface area contributed by atoms with Crippen LogP contribution in [0.3, 0.4) is 0 Å². The van der Waals surface area contributed by atoms with Gasteiger partial charge in [-0.05, 0) is 31.3 Å². The second kappa shape index (κ2) is 3.35. The second-order valence-corrected chi connectivity index (χ2v) is 4.66. The molecule has 0 radical (unpaired) electrons. The molecule has 2 heterocycles. The molecule has 0 bridgehead atoms. The van der Waals surface area contributed by atoms with Crippen LogP contribution in [0.25, 0.3) is 0 Å². The molecule has 2 atom stereocenters. The molecular weight excluding hydrogens is 148 g/mol. The van der Waals surface area contributed by atoms with E-state index >= 15 is 0 Å². The highest BCUT2D eigenvalue weighted by Gasteiger charge is 2.37. The summed E-state index contributed by atoms with van der Waals surface area (Å²) in [6.45, 7) is 9.76. The summed E-state index contributed by atoms with van der Waals surface area (Å²) in [5.41, 5.74) is 0. The van der Waals surface area contributed by atoms with Crippen LogP contribution in [0, 0.1) is 11.8 Å². The number of hydrogen-bond acceptors (Lipinski definition) is 2. The fourth-order valence-corrected chi connectivity index (χ4v) is 2.63. The first-order valence-corrected chi connectivity index (χ1v) is 5.22. The summed E-state index contributed by atoms with van der Waals surface area (Å²) >= 11 is 0. The molecule has 2 aliphatic rings. The van der Waals surface area contributed by atoms with Gasteiger partial charge in [-0.3, -0.25) is 4.90 Å². The normalized spacial score (nSPS) is 36.2. The van der Waals surface area contributed by atoms with Gasteiger partial charge in [-0.2, -0.15) is 0 Å². The van der Waals surface area contributed by atoms with Gasteiger partial charge in [-0.25, -0.2) is 0 Å². The quantitative estimate of drug-likeness (QED) is 0.660. The highest BCUT2D eigenvalue weighted by molar-refractivity contribution is 4.94. The lowest BCUT2D eigenvalue weighted by Crippen LogP contribution is -2.36. The van der Waals surface area contributed by atoms with Gasteiger partial charge in [-0.1, -0.05) is 13.8 Å². The predicted molar refractivity (Wildman–Crippen MR) is 51.2 cm³/mol. The van der Waals surface area contributed by atoms with Gasteiger partial charge in [0, 0.05) is 19.1 Å². The predicted octanol–water partition coefficient (Wildman–Crippen LogP) is 0.936. The van der Waals surface area contributed by atoms with E-state index in [9.17, 15) is 0 Å². The maximum atomic E-state index is 3.49. The van der Waals surface area contributed by atoms with E-state index in [1.54, 1.807) is 0 Å². The van der Waals surface area contributed by atoms with E-state index < -0.39 is 0 Å². The van der Waals surface area contributed by atoms with Crippen molar-refractivity contribution in [2.75, 3.05) is 26.2 Å². The van der Waals surface area contributed by atoms with Gasteiger partial charge in [0.15, 0.2) is 0 Å². The summed E-state index contributed by atoms with van der Waals surface area (Å²) in [4.78, 5) is 2.68. The number of hydrogen-bond donors (Lipinski definition) is 1. The van der Waals surface area contributed by atoms with Crippen LogP contribution in [-0.2, 0) is 0 Å². The Kier molecular flexibility index (Phi) is 2.37. The summed E-state index contributed by atoms with van der Waals surface area (Å²) in [6, 6.07) is 0.868. The molecule has 0 aliphatic carbocycles. The fourth-order valence-electron chi connectivity index (χ4n) is 2.63. The molecule has 2 heteroatoms. The van der Waals surface area contributed by atoms with Crippen LogP contribution in [0.1, 0.15) is 20.3 Å². The van der Waals surface area contributed by atoms with Crippen molar-refractivity contribution < 1.29 is 0 Å². The number of likely N-dealkylation sites (tertiary alicyclic amines) is 1. The third kappa shape index (κ3) is 1.50. The first-order chi connectivity index (χ1) is 5.77. The Morgan fingerprint density at radius 2 is 2.25 bits per heavy atom. The Morgan fingerprint density at radius 3 is 3.00 bits per heavy atom. The molecule has 2 fully saturated rings. The van der Waals surface area contributed by atoms with E-state index in [0.717, 1.165) is 17.9 Å². The Hall–Kier alpha value is -0.0800. The third-order valence-electron chi connectivity index (χ3n) is 3.16. The van der Waals surface area contributed by atoms with E-state index in [-0.39, 0.29) is 0 Å². The summed E-state index contributed by atoms with van der Waals surface area (Å²) in [5, 5.41) is 3.49. The van der Waals surface area contributed by atoms with Gasteiger partial charge >= 0.3 is 0 Å². The zero-order chi connectivity index (χ0) is 8.55. The number of nitrogens with one attached hydrogen (secondary N) is 1. The molecule has 0 spiro atoms. The molecule has 0 aromatic heterocycles. The van der Waals surface area contributed by atoms with Crippen LogP contribution >= 0.6 is 0 Å². The molecule has 0 aromatic carbocycles. The van der Waals surface area contributed by atoms with Crippen molar-refractivity contribution in [3.05, 3.63) is 0 Å². The maximum Gasteiger partial charge on any atom is 0.0261 e. The second-order valence-electron chi connectivity index (χ2n) is 4.66. The third-order valence-corrected chi connectivity index (χ3v) is 3.16. The van der Waals surface area contributed by atoms with Crippen LogP contribution in [0.2, 0.25) is 0 Å². The maximum absolute atomic E-state index is 3.49. The van der Waals surface area contributed by atoms with Crippen molar-refractivity contribution in [2.45, 2.75) is 26.3 Å². The molecular formula is C10H20N2. The zero-order valence-corrected chi connectivity index (χ0v) is 8.21. The smallest absolute Gasteiger partial charge is 0.0261 e. The van der Waals surface area contributed by atoms with E-state index in [0.29, 0.717) is 0 Å². The highest BCUT2D eigenvalue weighted by atomic mass is 15.2. The Bertz CT molecular complexity index is 156. The highest BCUT2D eigenvalue weighted by Crippen LogP contribution is 2.27. The zero-order valence-electron chi connectivity index (χ0n) is 8.21. The minimum absolute atomic E-state index is 0.823. The molecule has 1 N–H and O–H groups in total. The van der Waals surface area contributed by atoms with Crippen LogP contribution in [0.5, 0.6) is 0 Å². The van der Waals surface area contributed by atoms with Gasteiger partial charge in [0.05, 0.1) is 0 Å². The van der Waals surface area contributed by atoms with E-state index in [4.69, 9.17) is 0 Å². The number of fused-ring (bicyclic) bond motifs is 1. The first kappa shape index (κ1) is 8.52. The van der Waals surface area contributed by atoms with Gasteiger partial charge in [0.2, 0.25) is 0 Å². The van der Waals surface area contributed by atoms with Crippen molar-refractivity contribution in [2.24, 2.45) is 11.8 Å².